The van der Waals surface area contributed by atoms with E-state index in [0.29, 0.717) is 54.6 Å². The third-order valence-electron chi connectivity index (χ3n) is 6.94. The smallest absolute Gasteiger partial charge is 0.323 e. The molecule has 3 aromatic carbocycles. The number of carbonyl (C=O) groups is 2. The molecule has 1 aromatic heterocycles. The maximum atomic E-state index is 12.6. The van der Waals surface area contributed by atoms with Crippen LogP contribution in [0.5, 0.6) is 0 Å². The number of amides is 3. The minimum Gasteiger partial charge on any atom is -0.378 e. The van der Waals surface area contributed by atoms with E-state index < -0.39 is 6.03 Å². The molecule has 1 saturated heterocycles. The Labute approximate surface area is 249 Å². The molecule has 43 heavy (non-hydrogen) atoms. The number of urea groups is 1. The van der Waals surface area contributed by atoms with Gasteiger partial charge in [-0.05, 0) is 72.3 Å². The summed E-state index contributed by atoms with van der Waals surface area (Å²) in [5.74, 6) is 1.23. The van der Waals surface area contributed by atoms with Crippen LogP contribution in [0.2, 0.25) is 0 Å². The van der Waals surface area contributed by atoms with E-state index in [1.165, 1.54) is 11.1 Å². The molecule has 0 saturated carbocycles. The maximum absolute atomic E-state index is 12.6. The number of allylic oxidation sites excluding steroid dienone is 2. The lowest BCUT2D eigenvalue weighted by Gasteiger charge is -2.29. The first-order valence-electron chi connectivity index (χ1n) is 13.7. The molecule has 1 fully saturated rings. The number of aromatic nitrogens is 2. The first-order chi connectivity index (χ1) is 20.9. The van der Waals surface area contributed by atoms with Crippen molar-refractivity contribution < 1.29 is 14.3 Å². The summed E-state index contributed by atoms with van der Waals surface area (Å²) in [5, 5.41) is 21.7. The van der Waals surface area contributed by atoms with Crippen molar-refractivity contribution in [2.45, 2.75) is 0 Å². The van der Waals surface area contributed by atoms with E-state index in [4.69, 9.17) is 25.5 Å². The number of nitrogens with one attached hydrogen (secondary N) is 4. The second-order valence-electron chi connectivity index (χ2n) is 10.1. The van der Waals surface area contributed by atoms with Gasteiger partial charge >= 0.3 is 6.03 Å². The van der Waals surface area contributed by atoms with Crippen LogP contribution in [0.15, 0.2) is 72.8 Å². The number of benzene rings is 3. The van der Waals surface area contributed by atoms with Crippen molar-refractivity contribution in [3.8, 4) is 11.4 Å². The van der Waals surface area contributed by atoms with Crippen LogP contribution in [0, 0.1) is 10.8 Å². The van der Waals surface area contributed by atoms with Crippen LogP contribution >= 0.6 is 0 Å². The fraction of sp³-hybridized carbons (Fsp3) is 0.188. The molecule has 2 heterocycles. The van der Waals surface area contributed by atoms with Gasteiger partial charge in [-0.1, -0.05) is 6.07 Å². The van der Waals surface area contributed by atoms with Gasteiger partial charge in [-0.3, -0.25) is 4.79 Å². The summed E-state index contributed by atoms with van der Waals surface area (Å²) in [6.07, 6.45) is 3.96. The molecule has 0 spiro atoms. The van der Waals surface area contributed by atoms with Gasteiger partial charge in [0.1, 0.15) is 5.82 Å². The number of hydrogen-bond acceptors (Lipinski definition) is 8. The van der Waals surface area contributed by atoms with E-state index in [1.807, 2.05) is 30.3 Å². The largest absolute Gasteiger partial charge is 0.378 e. The number of nitrogens with zero attached hydrogens (tertiary/aromatic N) is 4. The van der Waals surface area contributed by atoms with Gasteiger partial charge in [0, 0.05) is 73.1 Å². The van der Waals surface area contributed by atoms with Gasteiger partial charge in [-0.25, -0.2) is 14.8 Å². The molecule has 4 aromatic rings. The van der Waals surface area contributed by atoms with Gasteiger partial charge in [0.05, 0.1) is 18.7 Å². The maximum Gasteiger partial charge on any atom is 0.323 e. The van der Waals surface area contributed by atoms with Crippen LogP contribution in [-0.2, 0) is 4.74 Å². The van der Waals surface area contributed by atoms with Crippen LogP contribution in [0.25, 0.3) is 27.9 Å². The van der Waals surface area contributed by atoms with Crippen LogP contribution in [0.3, 0.4) is 0 Å². The third kappa shape index (κ3) is 6.74. The fourth-order valence-electron chi connectivity index (χ4n) is 4.71. The highest BCUT2D eigenvalue weighted by atomic mass is 16.5. The molecular formula is C32H32N8O3. The average Bonchev–Trinajstić information content (AvgIpc) is 3.03. The van der Waals surface area contributed by atoms with Gasteiger partial charge < -0.3 is 36.0 Å². The van der Waals surface area contributed by atoms with Crippen LogP contribution in [0.1, 0.15) is 15.9 Å². The van der Waals surface area contributed by atoms with Crippen LogP contribution in [0.4, 0.5) is 22.0 Å². The molecule has 1 aliphatic heterocycles. The quantitative estimate of drug-likeness (QED) is 0.213. The zero-order chi connectivity index (χ0) is 30.3. The monoisotopic (exact) mass is 576 g/mol. The van der Waals surface area contributed by atoms with Gasteiger partial charge in [0.2, 0.25) is 0 Å². The SMILES string of the molecule is CN(C)C(=O)c1ccc(NC(=O)Nc2ccc(-c3nc(N4CCOCC4)c4ccc(C(C=N)=CC=N)cc4n3)cc2)cc1. The average molecular weight is 577 g/mol. The Bertz CT molecular complexity index is 1690. The van der Waals surface area contributed by atoms with E-state index in [1.54, 1.807) is 56.6 Å². The summed E-state index contributed by atoms with van der Waals surface area (Å²) < 4.78 is 5.55. The number of ether oxygens (including phenoxy) is 1. The van der Waals surface area contributed by atoms with Crippen LogP contribution in [-0.4, -0.2) is 79.6 Å². The number of rotatable bonds is 8. The second-order valence-corrected chi connectivity index (χ2v) is 10.1. The Balaban J connectivity index is 1.38. The minimum atomic E-state index is -0.413. The van der Waals surface area contributed by atoms with Crippen molar-refractivity contribution >= 4 is 58.0 Å². The second kappa shape index (κ2) is 13.0. The molecule has 4 N–H and O–H groups in total. The van der Waals surface area contributed by atoms with Gasteiger partial charge in [-0.2, -0.15) is 0 Å². The molecule has 0 radical (unpaired) electrons. The minimum absolute atomic E-state index is 0.111. The Morgan fingerprint density at radius 3 is 2.12 bits per heavy atom. The highest BCUT2D eigenvalue weighted by Gasteiger charge is 2.19. The topological polar surface area (TPSA) is 147 Å². The van der Waals surface area contributed by atoms with E-state index in [0.717, 1.165) is 34.1 Å². The molecule has 0 atom stereocenters. The summed E-state index contributed by atoms with van der Waals surface area (Å²) in [6.45, 7) is 2.64. The molecule has 218 valence electrons. The van der Waals surface area contributed by atoms with Crippen molar-refractivity contribution in [2.24, 2.45) is 0 Å². The summed E-state index contributed by atoms with van der Waals surface area (Å²) in [7, 11) is 3.37. The molecule has 0 aliphatic carbocycles. The predicted molar refractivity (Wildman–Crippen MR) is 171 cm³/mol. The number of fused-ring (bicyclic) bond motifs is 1. The number of hydrogen-bond donors (Lipinski definition) is 4. The molecule has 0 unspecified atom stereocenters. The third-order valence-corrected chi connectivity index (χ3v) is 6.94. The van der Waals surface area contributed by atoms with Crippen molar-refractivity contribution in [2.75, 3.05) is 55.9 Å². The molecular weight excluding hydrogens is 544 g/mol. The number of anilines is 3. The van der Waals surface area contributed by atoms with Crippen molar-refractivity contribution in [1.82, 2.24) is 14.9 Å². The van der Waals surface area contributed by atoms with Crippen molar-refractivity contribution in [3.05, 3.63) is 83.9 Å². The predicted octanol–water partition coefficient (Wildman–Crippen LogP) is 5.16. The van der Waals surface area contributed by atoms with E-state index in [-0.39, 0.29) is 5.91 Å². The van der Waals surface area contributed by atoms with Gasteiger partial charge in [0.25, 0.3) is 5.91 Å². The Hall–Kier alpha value is -5.42. The Morgan fingerprint density at radius 1 is 0.884 bits per heavy atom. The van der Waals surface area contributed by atoms with Gasteiger partial charge in [-0.15, -0.1) is 0 Å². The molecule has 5 rings (SSSR count). The lowest BCUT2D eigenvalue weighted by molar-refractivity contribution is 0.0827. The molecule has 1 aliphatic rings. The number of morpholine rings is 1. The van der Waals surface area contributed by atoms with Crippen molar-refractivity contribution in [1.29, 1.82) is 10.8 Å². The number of carbonyl (C=O) groups excluding carboxylic acids is 2. The normalized spacial score (nSPS) is 13.3. The highest BCUT2D eigenvalue weighted by molar-refractivity contribution is 6.13. The molecule has 11 heteroatoms. The van der Waals surface area contributed by atoms with Crippen molar-refractivity contribution in [3.63, 3.8) is 0 Å². The van der Waals surface area contributed by atoms with Crippen LogP contribution < -0.4 is 15.5 Å². The zero-order valence-electron chi connectivity index (χ0n) is 23.9. The standard InChI is InChI=1S/C32H32N8O3/c1-39(2)31(41)22-5-10-26(11-6-22)36-32(42)35-25-8-3-21(4-9-25)29-37-28-19-23(24(20-34)13-14-33)7-12-27(28)30(38-29)40-15-17-43-18-16-40/h3-14,19-20,33-34H,15-18H2,1-2H3,(H2,35,36,42). The molecule has 3 amide bonds. The molecule has 11 nitrogen and oxygen atoms in total. The Kier molecular flexibility index (Phi) is 8.82. The molecule has 0 bridgehead atoms. The lowest BCUT2D eigenvalue weighted by atomic mass is 10.0. The summed E-state index contributed by atoms with van der Waals surface area (Å²) in [4.78, 5) is 38.2. The van der Waals surface area contributed by atoms with E-state index in [9.17, 15) is 9.59 Å². The summed E-state index contributed by atoms with van der Waals surface area (Å²) in [6, 6.07) is 19.3. The highest BCUT2D eigenvalue weighted by Crippen LogP contribution is 2.30. The van der Waals surface area contributed by atoms with E-state index >= 15 is 0 Å². The first-order valence-corrected chi connectivity index (χ1v) is 13.7. The zero-order valence-corrected chi connectivity index (χ0v) is 23.9. The first kappa shape index (κ1) is 29.1. The lowest BCUT2D eigenvalue weighted by Crippen LogP contribution is -2.37. The van der Waals surface area contributed by atoms with Gasteiger partial charge in [0.15, 0.2) is 5.82 Å². The van der Waals surface area contributed by atoms with E-state index in [2.05, 4.69) is 15.5 Å². The Morgan fingerprint density at radius 2 is 1.51 bits per heavy atom. The summed E-state index contributed by atoms with van der Waals surface area (Å²) in [5.41, 5.74) is 4.58. The summed E-state index contributed by atoms with van der Waals surface area (Å²) >= 11 is 0. The fourth-order valence-corrected chi connectivity index (χ4v) is 4.71.